The maximum Gasteiger partial charge on any atom is 0.224 e. The molecule has 32 heavy (non-hydrogen) atoms. The van der Waals surface area contributed by atoms with Crippen molar-refractivity contribution in [2.45, 2.75) is 39.3 Å². The number of hydrogen-bond donors (Lipinski definition) is 1. The Balaban J connectivity index is 1.86. The first-order valence-corrected chi connectivity index (χ1v) is 11.2. The molecule has 1 saturated heterocycles. The highest BCUT2D eigenvalue weighted by Gasteiger charge is 2.25. The summed E-state index contributed by atoms with van der Waals surface area (Å²) in [4.78, 5) is 31.0. The van der Waals surface area contributed by atoms with E-state index < -0.39 is 0 Å². The maximum atomic E-state index is 12.3. The number of ether oxygens (including phenoxy) is 1. The second-order valence-electron chi connectivity index (χ2n) is 7.70. The average molecular weight is 475 g/mol. The molecule has 1 fully saturated rings. The number of carbonyl (C=O) groups is 2. The Kier molecular flexibility index (Phi) is 6.58. The quantitative estimate of drug-likeness (QED) is 0.529. The third-order valence-corrected chi connectivity index (χ3v) is 6.37. The summed E-state index contributed by atoms with van der Waals surface area (Å²) in [6.07, 6.45) is 1.68. The molecule has 1 aromatic heterocycles. The number of amides is 2. The van der Waals surface area contributed by atoms with E-state index in [4.69, 9.17) is 32.9 Å². The van der Waals surface area contributed by atoms with Crippen LogP contribution in [0.4, 0.5) is 5.69 Å². The van der Waals surface area contributed by atoms with Crippen LogP contribution in [0.1, 0.15) is 37.6 Å². The van der Waals surface area contributed by atoms with Crippen LogP contribution in [0.25, 0.3) is 11.0 Å². The predicted molar refractivity (Wildman–Crippen MR) is 125 cm³/mol. The number of carbonyl (C=O) groups excluding carboxylic acids is 2. The van der Waals surface area contributed by atoms with Crippen LogP contribution in [0.15, 0.2) is 30.3 Å². The van der Waals surface area contributed by atoms with E-state index in [1.807, 2.05) is 28.8 Å². The third-order valence-electron chi connectivity index (χ3n) is 5.58. The minimum Gasteiger partial charge on any atom is -0.497 e. The van der Waals surface area contributed by atoms with Crippen molar-refractivity contribution < 1.29 is 14.3 Å². The lowest BCUT2D eigenvalue weighted by Crippen LogP contribution is -2.26. The number of benzene rings is 2. The average Bonchev–Trinajstić information content (AvgIpc) is 3.35. The summed E-state index contributed by atoms with van der Waals surface area (Å²) >= 11 is 12.9. The summed E-state index contributed by atoms with van der Waals surface area (Å²) in [7, 11) is 1.63. The van der Waals surface area contributed by atoms with Crippen LogP contribution in [0, 0.1) is 0 Å². The smallest absolute Gasteiger partial charge is 0.224 e. The van der Waals surface area contributed by atoms with Gasteiger partial charge >= 0.3 is 0 Å². The van der Waals surface area contributed by atoms with Gasteiger partial charge in [0.1, 0.15) is 17.1 Å². The Morgan fingerprint density at radius 1 is 1.25 bits per heavy atom. The van der Waals surface area contributed by atoms with Gasteiger partial charge in [0.25, 0.3) is 0 Å². The molecule has 7 nitrogen and oxygen atoms in total. The number of fused-ring (bicyclic) bond motifs is 1. The zero-order chi connectivity index (χ0) is 22.8. The largest absolute Gasteiger partial charge is 0.497 e. The monoisotopic (exact) mass is 474 g/mol. The molecule has 3 aromatic rings. The van der Waals surface area contributed by atoms with Crippen LogP contribution >= 0.6 is 23.2 Å². The van der Waals surface area contributed by atoms with E-state index in [1.54, 1.807) is 25.0 Å². The molecule has 0 unspecified atom stereocenters. The number of likely N-dealkylation sites (tertiary alicyclic amines) is 1. The van der Waals surface area contributed by atoms with E-state index in [2.05, 4.69) is 5.32 Å². The van der Waals surface area contributed by atoms with E-state index in [0.29, 0.717) is 54.5 Å². The van der Waals surface area contributed by atoms with Gasteiger partial charge in [0, 0.05) is 25.9 Å². The summed E-state index contributed by atoms with van der Waals surface area (Å²) in [6.45, 7) is 3.32. The van der Waals surface area contributed by atoms with Crippen molar-refractivity contribution in [3.8, 4) is 5.75 Å². The van der Waals surface area contributed by atoms with Crippen LogP contribution in [0.3, 0.4) is 0 Å². The van der Waals surface area contributed by atoms with Gasteiger partial charge in [-0.2, -0.15) is 0 Å². The fraction of sp³-hybridized carbons (Fsp3) is 0.348. The SMILES string of the molecule is CCC(=O)Nc1c(Cl)c(Cl)cc2c1nc(CN1CCCC1=O)n2Cc1cccc(OC)c1. The molecule has 2 amide bonds. The summed E-state index contributed by atoms with van der Waals surface area (Å²) in [6, 6.07) is 9.51. The van der Waals surface area contributed by atoms with Crippen LogP contribution < -0.4 is 10.1 Å². The number of nitrogens with one attached hydrogen (secondary N) is 1. The standard InChI is InChI=1S/C23H24Cl2N4O3/c1-3-19(30)27-23-21(25)16(24)11-17-22(23)26-18(13-28-9-5-8-20(28)31)29(17)12-14-6-4-7-15(10-14)32-2/h4,6-7,10-11H,3,5,8-9,12-13H2,1-2H3,(H,27,30). The number of nitrogens with zero attached hydrogens (tertiary/aromatic N) is 3. The maximum absolute atomic E-state index is 12.3. The highest BCUT2D eigenvalue weighted by Crippen LogP contribution is 2.38. The van der Waals surface area contributed by atoms with Gasteiger partial charge in [-0.3, -0.25) is 9.59 Å². The third kappa shape index (κ3) is 4.40. The molecule has 4 rings (SSSR count). The van der Waals surface area contributed by atoms with E-state index in [-0.39, 0.29) is 16.8 Å². The first-order valence-electron chi connectivity index (χ1n) is 10.5. The van der Waals surface area contributed by atoms with Gasteiger partial charge in [0.2, 0.25) is 11.8 Å². The van der Waals surface area contributed by atoms with E-state index in [9.17, 15) is 9.59 Å². The zero-order valence-corrected chi connectivity index (χ0v) is 19.5. The van der Waals surface area contributed by atoms with Gasteiger partial charge in [-0.25, -0.2) is 4.98 Å². The first kappa shape index (κ1) is 22.4. The van der Waals surface area contributed by atoms with Gasteiger partial charge < -0.3 is 19.5 Å². The lowest BCUT2D eigenvalue weighted by molar-refractivity contribution is -0.128. The zero-order valence-electron chi connectivity index (χ0n) is 18.0. The molecule has 0 atom stereocenters. The highest BCUT2D eigenvalue weighted by molar-refractivity contribution is 6.45. The van der Waals surface area contributed by atoms with Crippen LogP contribution in [-0.2, 0) is 22.7 Å². The molecule has 1 aliphatic heterocycles. The first-order chi connectivity index (χ1) is 15.4. The number of halogens is 2. The van der Waals surface area contributed by atoms with Crippen molar-refractivity contribution in [2.24, 2.45) is 0 Å². The highest BCUT2D eigenvalue weighted by atomic mass is 35.5. The van der Waals surface area contributed by atoms with Crippen LogP contribution in [-0.4, -0.2) is 39.9 Å². The molecule has 0 bridgehead atoms. The van der Waals surface area contributed by atoms with Crippen LogP contribution in [0.5, 0.6) is 5.75 Å². The summed E-state index contributed by atoms with van der Waals surface area (Å²) in [5.74, 6) is 1.37. The summed E-state index contributed by atoms with van der Waals surface area (Å²) < 4.78 is 7.37. The fourth-order valence-electron chi connectivity index (χ4n) is 3.88. The van der Waals surface area contributed by atoms with Crippen molar-refractivity contribution in [2.75, 3.05) is 19.0 Å². The van der Waals surface area contributed by atoms with Crippen molar-refractivity contribution in [3.63, 3.8) is 0 Å². The Bertz CT molecular complexity index is 1190. The number of rotatable bonds is 7. The minimum atomic E-state index is -0.186. The summed E-state index contributed by atoms with van der Waals surface area (Å²) in [5, 5.41) is 3.40. The van der Waals surface area contributed by atoms with Crippen molar-refractivity contribution >= 4 is 51.7 Å². The molecule has 1 aliphatic rings. The van der Waals surface area contributed by atoms with Gasteiger partial charge in [0.15, 0.2) is 0 Å². The number of imidazole rings is 1. The molecule has 2 heterocycles. The lowest BCUT2D eigenvalue weighted by Gasteiger charge is -2.17. The van der Waals surface area contributed by atoms with E-state index in [0.717, 1.165) is 23.3 Å². The van der Waals surface area contributed by atoms with E-state index >= 15 is 0 Å². The lowest BCUT2D eigenvalue weighted by atomic mass is 10.2. The van der Waals surface area contributed by atoms with Gasteiger partial charge in [0.05, 0.1) is 34.9 Å². The van der Waals surface area contributed by atoms with Gasteiger partial charge in [-0.1, -0.05) is 42.3 Å². The number of anilines is 1. The Morgan fingerprint density at radius 3 is 2.75 bits per heavy atom. The number of hydrogen-bond acceptors (Lipinski definition) is 4. The molecule has 9 heteroatoms. The van der Waals surface area contributed by atoms with Gasteiger partial charge in [-0.15, -0.1) is 0 Å². The topological polar surface area (TPSA) is 76.5 Å². The van der Waals surface area contributed by atoms with Gasteiger partial charge in [-0.05, 0) is 30.2 Å². The second-order valence-corrected chi connectivity index (χ2v) is 8.49. The predicted octanol–water partition coefficient (Wildman–Crippen LogP) is 4.87. The van der Waals surface area contributed by atoms with Crippen LogP contribution in [0.2, 0.25) is 10.0 Å². The molecule has 0 saturated carbocycles. The second kappa shape index (κ2) is 9.38. The molecule has 0 aliphatic carbocycles. The molecule has 168 valence electrons. The normalized spacial score (nSPS) is 13.8. The molecule has 1 N–H and O–H groups in total. The minimum absolute atomic E-state index is 0.112. The Morgan fingerprint density at radius 2 is 2.06 bits per heavy atom. The van der Waals surface area contributed by atoms with E-state index in [1.165, 1.54) is 0 Å². The molecule has 2 aromatic carbocycles. The Labute approximate surface area is 196 Å². The van der Waals surface area contributed by atoms with Crippen molar-refractivity contribution in [1.82, 2.24) is 14.5 Å². The number of aromatic nitrogens is 2. The molecule has 0 spiro atoms. The number of methoxy groups -OCH3 is 1. The van der Waals surface area contributed by atoms with Crippen molar-refractivity contribution in [3.05, 3.63) is 51.8 Å². The summed E-state index contributed by atoms with van der Waals surface area (Å²) in [5.41, 5.74) is 2.67. The molecular weight excluding hydrogens is 451 g/mol. The molecule has 0 radical (unpaired) electrons. The fourth-order valence-corrected chi connectivity index (χ4v) is 4.27. The van der Waals surface area contributed by atoms with Crippen molar-refractivity contribution in [1.29, 1.82) is 0 Å². The molecular formula is C23H24Cl2N4O3. The Hall–Kier alpha value is -2.77.